The average molecular weight is 400 g/mol. The van der Waals surface area contributed by atoms with Crippen LogP contribution in [0, 0.1) is 24.1 Å². The zero-order chi connectivity index (χ0) is 21.6. The maximum atomic E-state index is 13.9. The van der Waals surface area contributed by atoms with Crippen molar-refractivity contribution in [3.63, 3.8) is 0 Å². The summed E-state index contributed by atoms with van der Waals surface area (Å²) in [6.07, 6.45) is 1.49. The van der Waals surface area contributed by atoms with E-state index in [2.05, 4.69) is 0 Å². The van der Waals surface area contributed by atoms with Crippen molar-refractivity contribution in [1.82, 2.24) is 4.57 Å². The molecule has 1 aromatic carbocycles. The van der Waals surface area contributed by atoms with Crippen molar-refractivity contribution in [2.75, 3.05) is 0 Å². The number of para-hydroxylation sites is 1. The van der Waals surface area contributed by atoms with Gasteiger partial charge in [-0.15, -0.1) is 0 Å². The molecule has 0 aliphatic carbocycles. The van der Waals surface area contributed by atoms with Crippen LogP contribution in [0.4, 0.5) is 4.39 Å². The third-order valence-corrected chi connectivity index (χ3v) is 4.80. The van der Waals surface area contributed by atoms with Gasteiger partial charge in [0.25, 0.3) is 5.56 Å². The second-order valence-electron chi connectivity index (χ2n) is 6.78. The van der Waals surface area contributed by atoms with Crippen LogP contribution in [0.25, 0.3) is 0 Å². The minimum Gasteiger partial charge on any atom is -0.494 e. The Labute approximate surface area is 169 Å². The Balaban J connectivity index is 2.52. The van der Waals surface area contributed by atoms with Crippen LogP contribution in [0.15, 0.2) is 29.1 Å². The molecular weight excluding hydrogens is 375 g/mol. The van der Waals surface area contributed by atoms with Crippen LogP contribution in [0.5, 0.6) is 11.6 Å². The lowest BCUT2D eigenvalue weighted by atomic mass is 9.97. The quantitative estimate of drug-likeness (QED) is 0.505. The lowest BCUT2D eigenvalue weighted by Gasteiger charge is -2.20. The molecule has 0 amide bonds. The van der Waals surface area contributed by atoms with Gasteiger partial charge in [0.2, 0.25) is 11.7 Å². The molecule has 0 saturated carbocycles. The van der Waals surface area contributed by atoms with E-state index in [0.29, 0.717) is 6.42 Å². The highest BCUT2D eigenvalue weighted by Crippen LogP contribution is 2.27. The number of ether oxygens (including phenoxy) is 1. The van der Waals surface area contributed by atoms with Gasteiger partial charge in [-0.05, 0) is 37.5 Å². The third-order valence-electron chi connectivity index (χ3n) is 4.80. The second-order valence-corrected chi connectivity index (χ2v) is 6.78. The van der Waals surface area contributed by atoms with Crippen LogP contribution < -0.4 is 10.3 Å². The summed E-state index contributed by atoms with van der Waals surface area (Å²) < 4.78 is 20.6. The molecule has 0 fully saturated rings. The zero-order valence-electron chi connectivity index (χ0n) is 16.9. The van der Waals surface area contributed by atoms with Crippen LogP contribution in [0.1, 0.15) is 61.0 Å². The molecule has 1 atom stereocenters. The highest BCUT2D eigenvalue weighted by atomic mass is 19.1. The van der Waals surface area contributed by atoms with Crippen molar-refractivity contribution >= 4 is 5.78 Å². The van der Waals surface area contributed by atoms with E-state index in [0.717, 1.165) is 17.4 Å². The van der Waals surface area contributed by atoms with Gasteiger partial charge >= 0.3 is 0 Å². The normalized spacial score (nSPS) is 11.7. The van der Waals surface area contributed by atoms with E-state index >= 15 is 0 Å². The molecule has 2 rings (SSSR count). The molecule has 1 heterocycles. The number of nitriles is 1. The van der Waals surface area contributed by atoms with Crippen molar-refractivity contribution in [2.24, 2.45) is 0 Å². The summed E-state index contributed by atoms with van der Waals surface area (Å²) >= 11 is 0. The highest BCUT2D eigenvalue weighted by molar-refractivity contribution is 6.03. The summed E-state index contributed by atoms with van der Waals surface area (Å²) in [5, 5.41) is 20.1. The summed E-state index contributed by atoms with van der Waals surface area (Å²) in [6, 6.07) is 7.55. The molecule has 0 saturated heterocycles. The molecule has 7 heteroatoms. The fraction of sp³-hybridized carbons (Fsp3) is 0.409. The van der Waals surface area contributed by atoms with Crippen LogP contribution in [0.2, 0.25) is 0 Å². The molecule has 154 valence electrons. The number of aromatic hydroxyl groups is 1. The topological polar surface area (TPSA) is 92.3 Å². The largest absolute Gasteiger partial charge is 0.494 e. The first-order valence-corrected chi connectivity index (χ1v) is 9.69. The number of unbranched alkanes of at least 4 members (excludes halogenated alkanes) is 2. The fourth-order valence-electron chi connectivity index (χ4n) is 3.15. The number of halogens is 1. The Bertz CT molecular complexity index is 992. The number of hydrogen-bond donors (Lipinski definition) is 1. The number of ketones is 1. The smallest absolute Gasteiger partial charge is 0.271 e. The number of aromatic nitrogens is 1. The average Bonchev–Trinajstić information content (AvgIpc) is 2.70. The third kappa shape index (κ3) is 4.65. The van der Waals surface area contributed by atoms with Crippen molar-refractivity contribution < 1.29 is 19.0 Å². The van der Waals surface area contributed by atoms with E-state index in [1.807, 2.05) is 13.0 Å². The summed E-state index contributed by atoms with van der Waals surface area (Å²) in [5.74, 6) is -1.78. The number of carbonyl (C=O) groups is 1. The van der Waals surface area contributed by atoms with E-state index in [-0.39, 0.29) is 35.4 Å². The number of benzene rings is 1. The van der Waals surface area contributed by atoms with Gasteiger partial charge in [0.05, 0.1) is 5.56 Å². The van der Waals surface area contributed by atoms with E-state index < -0.39 is 29.1 Å². The fourth-order valence-corrected chi connectivity index (χ4v) is 3.15. The molecule has 2 aromatic rings. The number of nitrogens with zero attached hydrogens (tertiary/aromatic N) is 2. The maximum absolute atomic E-state index is 13.9. The van der Waals surface area contributed by atoms with Crippen LogP contribution >= 0.6 is 0 Å². The Morgan fingerprint density at radius 3 is 2.59 bits per heavy atom. The second kappa shape index (κ2) is 9.87. The molecule has 1 unspecified atom stereocenters. The van der Waals surface area contributed by atoms with Crippen LogP contribution in [-0.4, -0.2) is 21.6 Å². The maximum Gasteiger partial charge on any atom is 0.271 e. The van der Waals surface area contributed by atoms with Gasteiger partial charge in [-0.2, -0.15) is 5.26 Å². The molecule has 1 aromatic heterocycles. The van der Waals surface area contributed by atoms with Gasteiger partial charge in [-0.1, -0.05) is 38.8 Å². The molecule has 6 nitrogen and oxygen atoms in total. The predicted molar refractivity (Wildman–Crippen MR) is 107 cm³/mol. The number of Topliss-reactive ketones (excluding diaryl/α,β-unsaturated/α-hetero) is 1. The van der Waals surface area contributed by atoms with E-state index in [1.165, 1.54) is 25.1 Å². The summed E-state index contributed by atoms with van der Waals surface area (Å²) in [5.41, 5.74) is -0.857. The number of pyridine rings is 1. The minimum absolute atomic E-state index is 0.0818. The van der Waals surface area contributed by atoms with Crippen LogP contribution in [0.3, 0.4) is 0 Å². The van der Waals surface area contributed by atoms with Crippen molar-refractivity contribution in [2.45, 2.75) is 59.1 Å². The van der Waals surface area contributed by atoms with Crippen molar-refractivity contribution in [3.05, 3.63) is 57.1 Å². The SMILES string of the molecule is CCCCCn1c(O)c(C(=O)C(CC)Oc2ccccc2F)c(C)c(C#N)c1=O. The van der Waals surface area contributed by atoms with Gasteiger partial charge in [0.1, 0.15) is 11.6 Å². The molecule has 0 radical (unpaired) electrons. The van der Waals surface area contributed by atoms with Gasteiger partial charge in [-0.3, -0.25) is 14.2 Å². The predicted octanol–water partition coefficient (Wildman–Crippen LogP) is 4.10. The number of hydrogen-bond acceptors (Lipinski definition) is 5. The summed E-state index contributed by atoms with van der Waals surface area (Å²) in [6.45, 7) is 5.33. The van der Waals surface area contributed by atoms with E-state index in [1.54, 1.807) is 13.0 Å². The zero-order valence-corrected chi connectivity index (χ0v) is 16.9. The Hall–Kier alpha value is -3.14. The molecule has 29 heavy (non-hydrogen) atoms. The summed E-state index contributed by atoms with van der Waals surface area (Å²) in [7, 11) is 0. The van der Waals surface area contributed by atoms with E-state index in [4.69, 9.17) is 4.74 Å². The molecule has 1 N–H and O–H groups in total. The van der Waals surface area contributed by atoms with Gasteiger partial charge < -0.3 is 9.84 Å². The van der Waals surface area contributed by atoms with E-state index in [9.17, 15) is 24.3 Å². The van der Waals surface area contributed by atoms with Crippen LogP contribution in [-0.2, 0) is 6.54 Å². The molecular formula is C22H25FN2O4. The van der Waals surface area contributed by atoms with Gasteiger partial charge in [0.15, 0.2) is 17.7 Å². The monoisotopic (exact) mass is 400 g/mol. The van der Waals surface area contributed by atoms with Crippen molar-refractivity contribution in [1.29, 1.82) is 5.26 Å². The molecule has 0 aliphatic rings. The minimum atomic E-state index is -1.08. The first-order valence-electron chi connectivity index (χ1n) is 9.69. The first kappa shape index (κ1) is 22.2. The lowest BCUT2D eigenvalue weighted by Crippen LogP contribution is -2.32. The highest BCUT2D eigenvalue weighted by Gasteiger charge is 2.30. The Kier molecular flexibility index (Phi) is 7.54. The van der Waals surface area contributed by atoms with Gasteiger partial charge in [-0.25, -0.2) is 4.39 Å². The first-order chi connectivity index (χ1) is 13.9. The van der Waals surface area contributed by atoms with Gasteiger partial charge in [0, 0.05) is 6.54 Å². The Morgan fingerprint density at radius 2 is 2.00 bits per heavy atom. The molecule has 0 spiro atoms. The standard InChI is InChI=1S/C22H25FN2O4/c1-4-6-9-12-25-21(27)15(13-24)14(3)19(22(25)28)20(26)17(5-2)29-18-11-8-7-10-16(18)23/h7-8,10-11,17,28H,4-6,9,12H2,1-3H3. The van der Waals surface area contributed by atoms with Crippen molar-refractivity contribution in [3.8, 4) is 17.7 Å². The number of rotatable bonds is 9. The summed E-state index contributed by atoms with van der Waals surface area (Å²) in [4.78, 5) is 25.7. The Morgan fingerprint density at radius 1 is 1.31 bits per heavy atom. The lowest BCUT2D eigenvalue weighted by molar-refractivity contribution is 0.0774. The molecule has 0 bridgehead atoms. The number of carbonyl (C=O) groups excluding carboxylic acids is 1. The molecule has 0 aliphatic heterocycles.